The number of carbonyl (C=O) groups excluding carboxylic acids is 2. The SMILES string of the molecule is COC(=O)c1cc(C)cc2cc(CNC(=O)c3cnn4cc(C)cnc34)oc12. The molecule has 0 radical (unpaired) electrons. The van der Waals surface area contributed by atoms with Crippen molar-refractivity contribution in [2.45, 2.75) is 20.4 Å². The molecular formula is C20H18N4O4. The molecule has 8 nitrogen and oxygen atoms in total. The van der Waals surface area contributed by atoms with Gasteiger partial charge in [-0.05, 0) is 43.2 Å². The van der Waals surface area contributed by atoms with E-state index < -0.39 is 5.97 Å². The fraction of sp³-hybridized carbons (Fsp3) is 0.200. The minimum atomic E-state index is -0.466. The molecular weight excluding hydrogens is 360 g/mol. The van der Waals surface area contributed by atoms with Crippen LogP contribution >= 0.6 is 0 Å². The molecule has 1 N–H and O–H groups in total. The van der Waals surface area contributed by atoms with Crippen LogP contribution in [0.1, 0.15) is 37.6 Å². The zero-order valence-electron chi connectivity index (χ0n) is 15.6. The minimum absolute atomic E-state index is 0.163. The Morgan fingerprint density at radius 2 is 1.96 bits per heavy atom. The van der Waals surface area contributed by atoms with Gasteiger partial charge >= 0.3 is 5.97 Å². The number of methoxy groups -OCH3 is 1. The zero-order valence-corrected chi connectivity index (χ0v) is 15.6. The van der Waals surface area contributed by atoms with Crippen LogP contribution in [-0.2, 0) is 11.3 Å². The molecule has 8 heteroatoms. The van der Waals surface area contributed by atoms with Crippen LogP contribution in [0.25, 0.3) is 16.6 Å². The second-order valence-corrected chi connectivity index (χ2v) is 6.58. The van der Waals surface area contributed by atoms with Gasteiger partial charge in [0, 0.05) is 17.8 Å². The van der Waals surface area contributed by atoms with Gasteiger partial charge in [-0.1, -0.05) is 0 Å². The molecule has 4 aromatic rings. The van der Waals surface area contributed by atoms with E-state index in [-0.39, 0.29) is 12.5 Å². The fourth-order valence-corrected chi connectivity index (χ4v) is 3.10. The lowest BCUT2D eigenvalue weighted by Crippen LogP contribution is -2.22. The van der Waals surface area contributed by atoms with Crippen molar-refractivity contribution in [2.75, 3.05) is 7.11 Å². The number of furan rings is 1. The monoisotopic (exact) mass is 378 g/mol. The first-order chi connectivity index (χ1) is 13.5. The molecule has 0 saturated heterocycles. The van der Waals surface area contributed by atoms with Crippen LogP contribution in [0.5, 0.6) is 0 Å². The summed E-state index contributed by atoms with van der Waals surface area (Å²) in [5, 5.41) is 7.74. The number of nitrogens with one attached hydrogen (secondary N) is 1. The number of fused-ring (bicyclic) bond motifs is 2. The molecule has 1 aromatic carbocycles. The molecule has 0 bridgehead atoms. The molecule has 3 aromatic heterocycles. The van der Waals surface area contributed by atoms with Crippen molar-refractivity contribution in [1.29, 1.82) is 0 Å². The maximum Gasteiger partial charge on any atom is 0.341 e. The molecule has 1 amide bonds. The Labute approximate surface area is 160 Å². The molecule has 4 rings (SSSR count). The molecule has 0 atom stereocenters. The van der Waals surface area contributed by atoms with Crippen molar-refractivity contribution in [3.8, 4) is 0 Å². The van der Waals surface area contributed by atoms with Gasteiger partial charge in [0.1, 0.15) is 22.5 Å². The van der Waals surface area contributed by atoms with E-state index in [4.69, 9.17) is 9.15 Å². The number of hydrogen-bond acceptors (Lipinski definition) is 6. The second-order valence-electron chi connectivity index (χ2n) is 6.58. The Bertz CT molecular complexity index is 1220. The molecule has 28 heavy (non-hydrogen) atoms. The topological polar surface area (TPSA) is 98.7 Å². The number of aryl methyl sites for hydroxylation is 2. The van der Waals surface area contributed by atoms with Crippen molar-refractivity contribution >= 4 is 28.5 Å². The third kappa shape index (κ3) is 3.09. The van der Waals surface area contributed by atoms with Gasteiger partial charge in [0.25, 0.3) is 5.91 Å². The normalized spacial score (nSPS) is 11.1. The first-order valence-electron chi connectivity index (χ1n) is 8.66. The third-order valence-electron chi connectivity index (χ3n) is 4.37. The standard InChI is InChI=1S/C20H18N4O4/c1-11-4-13-6-14(28-17(13)15(5-11)20(26)27-3)8-22-19(25)16-9-23-24-10-12(2)7-21-18(16)24/h4-7,9-10H,8H2,1-3H3,(H,22,25). The van der Waals surface area contributed by atoms with Crippen LogP contribution in [0.3, 0.4) is 0 Å². The molecule has 0 fully saturated rings. The first-order valence-corrected chi connectivity index (χ1v) is 8.66. The van der Waals surface area contributed by atoms with E-state index in [1.807, 2.05) is 19.9 Å². The lowest BCUT2D eigenvalue weighted by molar-refractivity contribution is 0.0601. The van der Waals surface area contributed by atoms with Gasteiger partial charge in [-0.15, -0.1) is 0 Å². The molecule has 0 spiro atoms. The average molecular weight is 378 g/mol. The van der Waals surface area contributed by atoms with E-state index in [1.165, 1.54) is 13.3 Å². The predicted molar refractivity (Wildman–Crippen MR) is 101 cm³/mol. The van der Waals surface area contributed by atoms with Gasteiger partial charge in [-0.3, -0.25) is 4.79 Å². The van der Waals surface area contributed by atoms with E-state index >= 15 is 0 Å². The van der Waals surface area contributed by atoms with E-state index in [1.54, 1.807) is 29.0 Å². The number of rotatable bonds is 4. The van der Waals surface area contributed by atoms with Gasteiger partial charge in [0.05, 0.1) is 19.9 Å². The Morgan fingerprint density at radius 3 is 2.75 bits per heavy atom. The number of esters is 1. The number of nitrogens with zero attached hydrogens (tertiary/aromatic N) is 3. The van der Waals surface area contributed by atoms with Crippen LogP contribution in [0, 0.1) is 13.8 Å². The summed E-state index contributed by atoms with van der Waals surface area (Å²) in [7, 11) is 1.33. The molecule has 142 valence electrons. The number of benzene rings is 1. The Kier molecular flexibility index (Phi) is 4.31. The van der Waals surface area contributed by atoms with Crippen LogP contribution in [0.4, 0.5) is 0 Å². The quantitative estimate of drug-likeness (QED) is 0.548. The summed E-state index contributed by atoms with van der Waals surface area (Å²) in [6, 6.07) is 5.42. The summed E-state index contributed by atoms with van der Waals surface area (Å²) >= 11 is 0. The summed E-state index contributed by atoms with van der Waals surface area (Å²) in [5.74, 6) is -0.248. The van der Waals surface area contributed by atoms with Crippen molar-refractivity contribution < 1.29 is 18.7 Å². The van der Waals surface area contributed by atoms with Crippen LogP contribution in [0.15, 0.2) is 41.2 Å². The predicted octanol–water partition coefficient (Wildman–Crippen LogP) is 2.81. The molecule has 3 heterocycles. The lowest BCUT2D eigenvalue weighted by atomic mass is 10.1. The smallest absolute Gasteiger partial charge is 0.341 e. The van der Waals surface area contributed by atoms with Gasteiger partial charge in [-0.25, -0.2) is 14.3 Å². The largest absolute Gasteiger partial charge is 0.465 e. The highest BCUT2D eigenvalue weighted by Gasteiger charge is 2.18. The van der Waals surface area contributed by atoms with E-state index in [2.05, 4.69) is 15.4 Å². The summed E-state index contributed by atoms with van der Waals surface area (Å²) in [5.41, 5.74) is 3.52. The minimum Gasteiger partial charge on any atom is -0.465 e. The number of hydrogen-bond donors (Lipinski definition) is 1. The second kappa shape index (κ2) is 6.80. The highest BCUT2D eigenvalue weighted by molar-refractivity contribution is 6.02. The fourth-order valence-electron chi connectivity index (χ4n) is 3.10. The van der Waals surface area contributed by atoms with Gasteiger partial charge in [-0.2, -0.15) is 5.10 Å². The van der Waals surface area contributed by atoms with Crippen molar-refractivity contribution in [2.24, 2.45) is 0 Å². The Morgan fingerprint density at radius 1 is 1.14 bits per heavy atom. The number of amides is 1. The van der Waals surface area contributed by atoms with E-state index in [0.717, 1.165) is 16.5 Å². The molecule has 0 aliphatic rings. The van der Waals surface area contributed by atoms with Gasteiger partial charge in [0.15, 0.2) is 5.65 Å². The number of ether oxygens (including phenoxy) is 1. The lowest BCUT2D eigenvalue weighted by Gasteiger charge is -2.02. The third-order valence-corrected chi connectivity index (χ3v) is 4.37. The molecule has 0 unspecified atom stereocenters. The van der Waals surface area contributed by atoms with Crippen molar-refractivity contribution in [3.05, 3.63) is 64.8 Å². The highest BCUT2D eigenvalue weighted by Crippen LogP contribution is 2.25. The summed E-state index contributed by atoms with van der Waals surface area (Å²) in [4.78, 5) is 28.8. The first kappa shape index (κ1) is 17.7. The van der Waals surface area contributed by atoms with E-state index in [9.17, 15) is 9.59 Å². The summed E-state index contributed by atoms with van der Waals surface area (Å²) in [6.07, 6.45) is 4.97. The van der Waals surface area contributed by atoms with Crippen LogP contribution in [0.2, 0.25) is 0 Å². The van der Waals surface area contributed by atoms with Crippen molar-refractivity contribution in [1.82, 2.24) is 19.9 Å². The molecule has 0 aliphatic carbocycles. The van der Waals surface area contributed by atoms with Crippen LogP contribution < -0.4 is 5.32 Å². The maximum atomic E-state index is 12.5. The van der Waals surface area contributed by atoms with E-state index in [0.29, 0.717) is 28.1 Å². The zero-order chi connectivity index (χ0) is 19.8. The highest BCUT2D eigenvalue weighted by atomic mass is 16.5. The Balaban J connectivity index is 1.58. The molecule has 0 aliphatic heterocycles. The van der Waals surface area contributed by atoms with Crippen molar-refractivity contribution in [3.63, 3.8) is 0 Å². The van der Waals surface area contributed by atoms with Gasteiger partial charge < -0.3 is 14.5 Å². The van der Waals surface area contributed by atoms with Crippen LogP contribution in [-0.4, -0.2) is 33.6 Å². The number of aromatic nitrogens is 3. The summed E-state index contributed by atoms with van der Waals surface area (Å²) < 4.78 is 12.2. The number of carbonyl (C=O) groups is 2. The summed E-state index contributed by atoms with van der Waals surface area (Å²) in [6.45, 7) is 3.95. The Hall–Kier alpha value is -3.68. The maximum absolute atomic E-state index is 12.5. The van der Waals surface area contributed by atoms with Gasteiger partial charge in [0.2, 0.25) is 0 Å². The molecule has 0 saturated carbocycles. The average Bonchev–Trinajstić information content (AvgIpc) is 3.28.